The van der Waals surface area contributed by atoms with Crippen LogP contribution >= 0.6 is 34.5 Å². The van der Waals surface area contributed by atoms with Gasteiger partial charge >= 0.3 is 5.97 Å². The van der Waals surface area contributed by atoms with Crippen molar-refractivity contribution in [2.45, 2.75) is 19.9 Å². The molecule has 0 unspecified atom stereocenters. The number of carbonyl (C=O) groups is 2. The van der Waals surface area contributed by atoms with Crippen LogP contribution in [0, 0.1) is 0 Å². The maximum Gasteiger partial charge on any atom is 0.337 e. The van der Waals surface area contributed by atoms with Crippen molar-refractivity contribution in [3.05, 3.63) is 55.4 Å². The Morgan fingerprint density at radius 1 is 1.33 bits per heavy atom. The van der Waals surface area contributed by atoms with E-state index in [9.17, 15) is 19.5 Å². The number of thiophene rings is 1. The van der Waals surface area contributed by atoms with Gasteiger partial charge in [0.05, 0.1) is 21.7 Å². The van der Waals surface area contributed by atoms with Crippen LogP contribution in [0.5, 0.6) is 0 Å². The number of rotatable bonds is 5. The molecule has 140 valence electrons. The minimum atomic E-state index is -1.21. The van der Waals surface area contributed by atoms with E-state index in [0.717, 1.165) is 11.3 Å². The number of aryl methyl sites for hydroxylation is 1. The number of aromatic nitrogens is 2. The molecule has 27 heavy (non-hydrogen) atoms. The zero-order chi connectivity index (χ0) is 19.7. The van der Waals surface area contributed by atoms with Gasteiger partial charge in [0.1, 0.15) is 17.2 Å². The fraction of sp³-hybridized carbons (Fsp3) is 0.176. The maximum absolute atomic E-state index is 12.8. The second kappa shape index (κ2) is 7.67. The van der Waals surface area contributed by atoms with Gasteiger partial charge in [0, 0.05) is 16.8 Å². The Labute approximate surface area is 167 Å². The van der Waals surface area contributed by atoms with Crippen LogP contribution in [0.25, 0.3) is 10.2 Å². The number of anilines is 1. The number of nitrogens with zero attached hydrogens (tertiary/aromatic N) is 2. The van der Waals surface area contributed by atoms with Crippen LogP contribution < -0.4 is 10.9 Å². The monoisotopic (exact) mass is 425 g/mol. The topological polar surface area (TPSA) is 101 Å². The van der Waals surface area contributed by atoms with Gasteiger partial charge in [-0.3, -0.25) is 14.2 Å². The lowest BCUT2D eigenvalue weighted by molar-refractivity contribution is -0.116. The van der Waals surface area contributed by atoms with Crippen LogP contribution in [-0.2, 0) is 17.8 Å². The third-order valence-electron chi connectivity index (χ3n) is 3.83. The molecule has 2 aromatic heterocycles. The molecule has 0 aliphatic carbocycles. The predicted molar refractivity (Wildman–Crippen MR) is 105 cm³/mol. The first-order valence-corrected chi connectivity index (χ1v) is 9.44. The highest BCUT2D eigenvalue weighted by Gasteiger charge is 2.20. The van der Waals surface area contributed by atoms with E-state index in [0.29, 0.717) is 27.8 Å². The third kappa shape index (κ3) is 3.83. The lowest BCUT2D eigenvalue weighted by Crippen LogP contribution is -2.31. The minimum absolute atomic E-state index is 0.00188. The van der Waals surface area contributed by atoms with Gasteiger partial charge in [0.2, 0.25) is 5.91 Å². The van der Waals surface area contributed by atoms with Crippen LogP contribution in [0.4, 0.5) is 5.69 Å². The van der Waals surface area contributed by atoms with Crippen LogP contribution in [-0.4, -0.2) is 26.5 Å². The van der Waals surface area contributed by atoms with Crippen molar-refractivity contribution in [3.63, 3.8) is 0 Å². The highest BCUT2D eigenvalue weighted by Crippen LogP contribution is 2.25. The van der Waals surface area contributed by atoms with Crippen molar-refractivity contribution in [2.75, 3.05) is 5.32 Å². The summed E-state index contributed by atoms with van der Waals surface area (Å²) in [7, 11) is 0. The van der Waals surface area contributed by atoms with Gasteiger partial charge in [-0.15, -0.1) is 11.3 Å². The van der Waals surface area contributed by atoms with Crippen molar-refractivity contribution < 1.29 is 14.7 Å². The Morgan fingerprint density at radius 2 is 2.07 bits per heavy atom. The second-order valence-electron chi connectivity index (χ2n) is 5.58. The van der Waals surface area contributed by atoms with E-state index in [1.54, 1.807) is 19.1 Å². The Bertz CT molecular complexity index is 1120. The van der Waals surface area contributed by atoms with Crippen molar-refractivity contribution in [1.82, 2.24) is 9.55 Å². The molecule has 0 atom stereocenters. The SMILES string of the molecule is CCc1nc2scc(C(=O)O)c2c(=O)n1CC(=O)Nc1ccc(Cl)cc1Cl. The van der Waals surface area contributed by atoms with E-state index < -0.39 is 17.4 Å². The summed E-state index contributed by atoms with van der Waals surface area (Å²) < 4.78 is 1.18. The molecule has 0 aliphatic heterocycles. The molecule has 0 fully saturated rings. The summed E-state index contributed by atoms with van der Waals surface area (Å²) in [5.41, 5.74) is -0.328. The molecule has 0 saturated heterocycles. The Balaban J connectivity index is 1.99. The minimum Gasteiger partial charge on any atom is -0.478 e. The predicted octanol–water partition coefficient (Wildman–Crippen LogP) is 3.66. The van der Waals surface area contributed by atoms with Crippen LogP contribution in [0.1, 0.15) is 23.1 Å². The van der Waals surface area contributed by atoms with Crippen LogP contribution in [0.15, 0.2) is 28.4 Å². The number of nitrogens with one attached hydrogen (secondary N) is 1. The Hall–Kier alpha value is -2.42. The van der Waals surface area contributed by atoms with E-state index in [4.69, 9.17) is 23.2 Å². The quantitative estimate of drug-likeness (QED) is 0.649. The summed E-state index contributed by atoms with van der Waals surface area (Å²) in [5, 5.41) is 13.9. The van der Waals surface area contributed by atoms with Gasteiger partial charge < -0.3 is 10.4 Å². The maximum atomic E-state index is 12.8. The lowest BCUT2D eigenvalue weighted by Gasteiger charge is -2.12. The summed E-state index contributed by atoms with van der Waals surface area (Å²) in [6.45, 7) is 1.47. The highest BCUT2D eigenvalue weighted by molar-refractivity contribution is 7.17. The molecule has 2 N–H and O–H groups in total. The lowest BCUT2D eigenvalue weighted by atomic mass is 10.2. The summed E-state index contributed by atoms with van der Waals surface area (Å²) in [6, 6.07) is 4.61. The number of fused-ring (bicyclic) bond motifs is 1. The average Bonchev–Trinajstić information content (AvgIpc) is 3.04. The van der Waals surface area contributed by atoms with Crippen molar-refractivity contribution in [1.29, 1.82) is 0 Å². The fourth-order valence-corrected chi connectivity index (χ4v) is 3.96. The van der Waals surface area contributed by atoms with Crippen LogP contribution in [0.2, 0.25) is 10.0 Å². The molecule has 10 heteroatoms. The highest BCUT2D eigenvalue weighted by atomic mass is 35.5. The van der Waals surface area contributed by atoms with Crippen LogP contribution in [0.3, 0.4) is 0 Å². The number of carbonyl (C=O) groups excluding carboxylic acids is 1. The zero-order valence-corrected chi connectivity index (χ0v) is 16.3. The molecule has 3 aromatic rings. The average molecular weight is 426 g/mol. The zero-order valence-electron chi connectivity index (χ0n) is 14.0. The summed E-state index contributed by atoms with van der Waals surface area (Å²) in [4.78, 5) is 41.3. The molecule has 3 rings (SSSR count). The van der Waals surface area contributed by atoms with E-state index in [1.165, 1.54) is 16.0 Å². The number of benzene rings is 1. The van der Waals surface area contributed by atoms with Crippen molar-refractivity contribution in [3.8, 4) is 0 Å². The normalized spacial score (nSPS) is 10.9. The molecule has 0 bridgehead atoms. The smallest absolute Gasteiger partial charge is 0.337 e. The van der Waals surface area contributed by atoms with Gasteiger partial charge in [0.15, 0.2) is 0 Å². The molecule has 0 radical (unpaired) electrons. The van der Waals surface area contributed by atoms with Crippen molar-refractivity contribution in [2.24, 2.45) is 0 Å². The Morgan fingerprint density at radius 3 is 2.70 bits per heavy atom. The standard InChI is InChI=1S/C17H13Cl2N3O4S/c1-2-12-21-15-14(9(7-27-15)17(25)26)16(24)22(12)6-13(23)20-11-4-3-8(18)5-10(11)19/h3-5,7H,2,6H2,1H3,(H,20,23)(H,25,26). The molecule has 0 saturated carbocycles. The van der Waals surface area contributed by atoms with E-state index in [2.05, 4.69) is 10.3 Å². The number of hydrogen-bond donors (Lipinski definition) is 2. The molecule has 0 spiro atoms. The second-order valence-corrected chi connectivity index (χ2v) is 7.28. The number of hydrogen-bond acceptors (Lipinski definition) is 5. The van der Waals surface area contributed by atoms with Gasteiger partial charge in [-0.05, 0) is 18.2 Å². The number of carboxylic acids is 1. The first kappa shape index (κ1) is 19.3. The van der Waals surface area contributed by atoms with E-state index in [1.807, 2.05) is 0 Å². The molecular weight excluding hydrogens is 413 g/mol. The van der Waals surface area contributed by atoms with Gasteiger partial charge in [-0.1, -0.05) is 30.1 Å². The number of aromatic carboxylic acids is 1. The largest absolute Gasteiger partial charge is 0.478 e. The van der Waals surface area contributed by atoms with E-state index >= 15 is 0 Å². The van der Waals surface area contributed by atoms with Gasteiger partial charge in [0.25, 0.3) is 5.56 Å². The van der Waals surface area contributed by atoms with Crippen molar-refractivity contribution >= 4 is 62.3 Å². The summed E-state index contributed by atoms with van der Waals surface area (Å²) in [6.07, 6.45) is 0.403. The number of halogens is 2. The number of carboxylic acid groups (broad SMARTS) is 1. The fourth-order valence-electron chi connectivity index (χ4n) is 2.58. The molecule has 1 aromatic carbocycles. The molecule has 0 aliphatic rings. The molecule has 2 heterocycles. The third-order valence-corrected chi connectivity index (χ3v) is 5.25. The summed E-state index contributed by atoms with van der Waals surface area (Å²) >= 11 is 13.0. The van der Waals surface area contributed by atoms with Gasteiger partial charge in [-0.2, -0.15) is 0 Å². The first-order valence-electron chi connectivity index (χ1n) is 7.81. The van der Waals surface area contributed by atoms with E-state index in [-0.39, 0.29) is 22.5 Å². The number of amides is 1. The summed E-state index contributed by atoms with van der Waals surface area (Å²) in [5.74, 6) is -1.32. The molecule has 7 nitrogen and oxygen atoms in total. The molecule has 1 amide bonds. The Kier molecular flexibility index (Phi) is 5.50. The molecular formula is C17H13Cl2N3O4S. The first-order chi connectivity index (χ1) is 12.8. The van der Waals surface area contributed by atoms with Gasteiger partial charge in [-0.25, -0.2) is 9.78 Å².